The summed E-state index contributed by atoms with van der Waals surface area (Å²) in [6.07, 6.45) is 4.43. The Kier molecular flexibility index (Phi) is 6.83. The van der Waals surface area contributed by atoms with Gasteiger partial charge in [-0.05, 0) is 48.8 Å². The molecule has 2 atom stereocenters. The Bertz CT molecular complexity index is 744. The van der Waals surface area contributed by atoms with Crippen LogP contribution >= 0.6 is 23.8 Å². The second-order valence-electron chi connectivity index (χ2n) is 6.45. The zero-order valence-electron chi connectivity index (χ0n) is 14.4. The summed E-state index contributed by atoms with van der Waals surface area (Å²) >= 11 is 11.2. The smallest absolute Gasteiger partial charge is 0.171 e. The van der Waals surface area contributed by atoms with Gasteiger partial charge in [0.1, 0.15) is 5.82 Å². The highest BCUT2D eigenvalue weighted by Gasteiger charge is 2.26. The predicted octanol–water partition coefficient (Wildman–Crippen LogP) is 5.29. The first-order valence-electron chi connectivity index (χ1n) is 8.80. The van der Waals surface area contributed by atoms with Crippen molar-refractivity contribution in [3.63, 3.8) is 0 Å². The van der Waals surface area contributed by atoms with Gasteiger partial charge in [0.15, 0.2) is 5.11 Å². The Balaban J connectivity index is 1.55. The monoisotopic (exact) mass is 392 g/mol. The van der Waals surface area contributed by atoms with Gasteiger partial charge >= 0.3 is 0 Å². The third-order valence-electron chi connectivity index (χ3n) is 4.50. The van der Waals surface area contributed by atoms with Crippen LogP contribution in [0.4, 0.5) is 10.1 Å². The Labute approximate surface area is 163 Å². The van der Waals surface area contributed by atoms with Gasteiger partial charge in [0.25, 0.3) is 0 Å². The van der Waals surface area contributed by atoms with Crippen LogP contribution in [0.2, 0.25) is 5.02 Å². The molecular weight excluding hydrogens is 371 g/mol. The second kappa shape index (κ2) is 9.31. The third-order valence-corrected chi connectivity index (χ3v) is 5.01. The van der Waals surface area contributed by atoms with Crippen molar-refractivity contribution >= 4 is 34.6 Å². The molecule has 0 saturated heterocycles. The molecular formula is C20H22ClFN2OS. The summed E-state index contributed by atoms with van der Waals surface area (Å²) in [6, 6.07) is 14.8. The molecule has 0 heterocycles. The first-order chi connectivity index (χ1) is 12.6. The zero-order chi connectivity index (χ0) is 18.4. The maximum atomic E-state index is 13.3. The zero-order valence-corrected chi connectivity index (χ0v) is 16.0. The average Bonchev–Trinajstić information content (AvgIpc) is 2.65. The molecule has 1 aliphatic rings. The number of hydrogen-bond donors (Lipinski definition) is 2. The van der Waals surface area contributed by atoms with Crippen molar-refractivity contribution < 1.29 is 9.13 Å². The number of anilines is 1. The number of nitrogens with one attached hydrogen (secondary N) is 2. The highest BCUT2D eigenvalue weighted by molar-refractivity contribution is 7.80. The summed E-state index contributed by atoms with van der Waals surface area (Å²) in [4.78, 5) is 0. The van der Waals surface area contributed by atoms with Crippen molar-refractivity contribution in [2.45, 2.75) is 44.4 Å². The first-order valence-corrected chi connectivity index (χ1v) is 9.58. The van der Waals surface area contributed by atoms with Crippen LogP contribution in [0.15, 0.2) is 48.5 Å². The van der Waals surface area contributed by atoms with Gasteiger partial charge in [0, 0.05) is 5.69 Å². The number of rotatable bonds is 5. The predicted molar refractivity (Wildman–Crippen MR) is 108 cm³/mol. The summed E-state index contributed by atoms with van der Waals surface area (Å²) in [7, 11) is 0. The molecule has 26 heavy (non-hydrogen) atoms. The van der Waals surface area contributed by atoms with E-state index in [1.165, 1.54) is 17.7 Å². The largest absolute Gasteiger partial charge is 0.371 e. The SMILES string of the molecule is Fc1ccc(NC(=S)NC2CCCCC2OCc2ccccc2)cc1Cl. The molecule has 0 bridgehead atoms. The second-order valence-corrected chi connectivity index (χ2v) is 7.27. The standard InChI is InChI=1S/C20H22ClFN2OS/c21-16-12-15(10-11-17(16)22)23-20(26)24-18-8-4-5-9-19(18)25-13-14-6-2-1-3-7-14/h1-3,6-7,10-12,18-19H,4-5,8-9,13H2,(H2,23,24,26). The van der Waals surface area contributed by atoms with Gasteiger partial charge in [0.05, 0.1) is 23.8 Å². The Morgan fingerprint density at radius 3 is 2.69 bits per heavy atom. The van der Waals surface area contributed by atoms with Crippen LogP contribution in [-0.4, -0.2) is 17.3 Å². The van der Waals surface area contributed by atoms with E-state index in [1.807, 2.05) is 18.2 Å². The molecule has 1 fully saturated rings. The van der Waals surface area contributed by atoms with E-state index >= 15 is 0 Å². The van der Waals surface area contributed by atoms with Gasteiger partial charge in [-0.25, -0.2) is 4.39 Å². The van der Waals surface area contributed by atoms with Crippen LogP contribution < -0.4 is 10.6 Å². The maximum absolute atomic E-state index is 13.3. The summed E-state index contributed by atoms with van der Waals surface area (Å²) in [5, 5.41) is 6.97. The summed E-state index contributed by atoms with van der Waals surface area (Å²) in [5.41, 5.74) is 1.82. The minimum Gasteiger partial charge on any atom is -0.371 e. The summed E-state index contributed by atoms with van der Waals surface area (Å²) in [5.74, 6) is -0.447. The number of benzene rings is 2. The van der Waals surface area contributed by atoms with Crippen molar-refractivity contribution in [1.29, 1.82) is 0 Å². The Morgan fingerprint density at radius 1 is 1.15 bits per heavy atom. The molecule has 1 aliphatic carbocycles. The van der Waals surface area contributed by atoms with Crippen LogP contribution in [-0.2, 0) is 11.3 Å². The van der Waals surface area contributed by atoms with E-state index in [1.54, 1.807) is 6.07 Å². The molecule has 2 aromatic carbocycles. The lowest BCUT2D eigenvalue weighted by Crippen LogP contribution is -2.47. The molecule has 0 radical (unpaired) electrons. The van der Waals surface area contributed by atoms with Gasteiger partial charge < -0.3 is 15.4 Å². The van der Waals surface area contributed by atoms with Crippen LogP contribution in [0.3, 0.4) is 0 Å². The fraction of sp³-hybridized carbons (Fsp3) is 0.350. The lowest BCUT2D eigenvalue weighted by atomic mass is 9.92. The van der Waals surface area contributed by atoms with E-state index in [9.17, 15) is 4.39 Å². The highest BCUT2D eigenvalue weighted by atomic mass is 35.5. The lowest BCUT2D eigenvalue weighted by molar-refractivity contribution is -0.000693. The molecule has 0 aromatic heterocycles. The van der Waals surface area contributed by atoms with Gasteiger partial charge in [0.2, 0.25) is 0 Å². The van der Waals surface area contributed by atoms with Crippen LogP contribution in [0, 0.1) is 5.82 Å². The summed E-state index contributed by atoms with van der Waals surface area (Å²) in [6.45, 7) is 0.595. The fourth-order valence-corrected chi connectivity index (χ4v) is 3.60. The molecule has 138 valence electrons. The molecule has 2 unspecified atom stereocenters. The molecule has 6 heteroatoms. The molecule has 3 nitrogen and oxygen atoms in total. The van der Waals surface area contributed by atoms with E-state index < -0.39 is 5.82 Å². The highest BCUT2D eigenvalue weighted by Crippen LogP contribution is 2.23. The van der Waals surface area contributed by atoms with E-state index in [-0.39, 0.29) is 17.2 Å². The number of ether oxygens (including phenoxy) is 1. The first kappa shape index (κ1) is 19.1. The topological polar surface area (TPSA) is 33.3 Å². The molecule has 2 aromatic rings. The Morgan fingerprint density at radius 2 is 1.92 bits per heavy atom. The summed E-state index contributed by atoms with van der Waals surface area (Å²) < 4.78 is 19.4. The average molecular weight is 393 g/mol. The lowest BCUT2D eigenvalue weighted by Gasteiger charge is -2.33. The third kappa shape index (κ3) is 5.40. The van der Waals surface area contributed by atoms with Crippen molar-refractivity contribution in [3.8, 4) is 0 Å². The van der Waals surface area contributed by atoms with E-state index in [2.05, 4.69) is 22.8 Å². The van der Waals surface area contributed by atoms with Gasteiger partial charge in [-0.2, -0.15) is 0 Å². The minimum atomic E-state index is -0.447. The van der Waals surface area contributed by atoms with Gasteiger partial charge in [-0.3, -0.25) is 0 Å². The van der Waals surface area contributed by atoms with E-state index in [0.717, 1.165) is 25.7 Å². The minimum absolute atomic E-state index is 0.0690. The van der Waals surface area contributed by atoms with Crippen molar-refractivity contribution in [1.82, 2.24) is 5.32 Å². The number of hydrogen-bond acceptors (Lipinski definition) is 2. The molecule has 0 amide bonds. The quantitative estimate of drug-likeness (QED) is 0.677. The van der Waals surface area contributed by atoms with Gasteiger partial charge in [-0.1, -0.05) is 54.8 Å². The number of thiocarbonyl (C=S) groups is 1. The Hall–Kier alpha value is -1.69. The fourth-order valence-electron chi connectivity index (χ4n) is 3.15. The van der Waals surface area contributed by atoms with E-state index in [0.29, 0.717) is 17.4 Å². The maximum Gasteiger partial charge on any atom is 0.171 e. The van der Waals surface area contributed by atoms with Crippen molar-refractivity contribution in [3.05, 3.63) is 64.9 Å². The molecule has 0 spiro atoms. The molecule has 3 rings (SSSR count). The molecule has 0 aliphatic heterocycles. The molecule has 1 saturated carbocycles. The number of halogens is 2. The van der Waals surface area contributed by atoms with Crippen LogP contribution in [0.1, 0.15) is 31.2 Å². The molecule has 2 N–H and O–H groups in total. The van der Waals surface area contributed by atoms with Crippen LogP contribution in [0.5, 0.6) is 0 Å². The normalized spacial score (nSPS) is 19.8. The van der Waals surface area contributed by atoms with Crippen molar-refractivity contribution in [2.24, 2.45) is 0 Å². The van der Waals surface area contributed by atoms with E-state index in [4.69, 9.17) is 28.6 Å². The van der Waals surface area contributed by atoms with Gasteiger partial charge in [-0.15, -0.1) is 0 Å². The van der Waals surface area contributed by atoms with Crippen LogP contribution in [0.25, 0.3) is 0 Å². The van der Waals surface area contributed by atoms with Crippen molar-refractivity contribution in [2.75, 3.05) is 5.32 Å².